The minimum Gasteiger partial charge on any atom is -0.258 e. The minimum absolute atomic E-state index is 0.660. The Labute approximate surface area is 153 Å². The van der Waals surface area contributed by atoms with Crippen LogP contribution in [0.2, 0.25) is 0 Å². The molecular weight excluding hydrogens is 354 g/mol. The predicted octanol–water partition coefficient (Wildman–Crippen LogP) is 4.87. The average Bonchev–Trinajstić information content (AvgIpc) is 2.62. The van der Waals surface area contributed by atoms with Gasteiger partial charge in [-0.25, -0.2) is 0 Å². The van der Waals surface area contributed by atoms with Crippen LogP contribution < -0.4 is 0 Å². The van der Waals surface area contributed by atoms with Gasteiger partial charge in [-0.05, 0) is 24.6 Å². The number of aryl methyl sites for hydroxylation is 2. The van der Waals surface area contributed by atoms with E-state index in [1.807, 2.05) is 0 Å². The van der Waals surface area contributed by atoms with Crippen molar-refractivity contribution in [3.05, 3.63) is 96.1 Å². The number of hydrogen-bond acceptors (Lipinski definition) is 6. The number of non-ortho nitro benzene ring substituents is 3. The van der Waals surface area contributed by atoms with Gasteiger partial charge >= 0.3 is 0 Å². The van der Waals surface area contributed by atoms with Crippen molar-refractivity contribution in [1.82, 2.24) is 0 Å². The topological polar surface area (TPSA) is 129 Å². The molecule has 0 aliphatic rings. The summed E-state index contributed by atoms with van der Waals surface area (Å²) in [7, 11) is 0. The van der Waals surface area contributed by atoms with Crippen molar-refractivity contribution < 1.29 is 14.8 Å². The molecule has 0 unspecified atom stereocenters. The molecular formula is C18H15N3O6. The molecule has 138 valence electrons. The van der Waals surface area contributed by atoms with Gasteiger partial charge in [0.25, 0.3) is 17.1 Å². The summed E-state index contributed by atoms with van der Waals surface area (Å²) >= 11 is 0. The lowest BCUT2D eigenvalue weighted by Crippen LogP contribution is -1.96. The van der Waals surface area contributed by atoms with Crippen LogP contribution in [-0.2, 0) is 0 Å². The Hall–Kier alpha value is -3.88. The zero-order valence-electron chi connectivity index (χ0n) is 14.5. The summed E-state index contributed by atoms with van der Waals surface area (Å²) in [6.45, 7) is 4.25. The van der Waals surface area contributed by atoms with Gasteiger partial charge in [-0.1, -0.05) is 47.5 Å². The van der Waals surface area contributed by atoms with Crippen LogP contribution in [0.25, 0.3) is 10.8 Å². The van der Waals surface area contributed by atoms with Gasteiger partial charge in [0.05, 0.1) is 33.0 Å². The van der Waals surface area contributed by atoms with Crippen molar-refractivity contribution in [1.29, 1.82) is 0 Å². The number of benzene rings is 3. The average molecular weight is 369 g/mol. The summed E-state index contributed by atoms with van der Waals surface area (Å²) in [5.74, 6) is 0. The third-order valence-electron chi connectivity index (χ3n) is 3.67. The third kappa shape index (κ3) is 5.05. The first-order valence-electron chi connectivity index (χ1n) is 7.72. The van der Waals surface area contributed by atoms with Crippen LogP contribution in [0.1, 0.15) is 11.1 Å². The monoisotopic (exact) mass is 369 g/mol. The van der Waals surface area contributed by atoms with E-state index in [-0.39, 0.29) is 0 Å². The molecule has 0 aliphatic heterocycles. The van der Waals surface area contributed by atoms with Crippen molar-refractivity contribution in [2.75, 3.05) is 0 Å². The molecule has 9 heteroatoms. The van der Waals surface area contributed by atoms with Crippen LogP contribution in [0.4, 0.5) is 17.1 Å². The van der Waals surface area contributed by atoms with Crippen LogP contribution in [0.5, 0.6) is 0 Å². The normalized spacial score (nSPS) is 10.0. The van der Waals surface area contributed by atoms with Crippen LogP contribution in [0.15, 0.2) is 54.6 Å². The summed E-state index contributed by atoms with van der Waals surface area (Å²) in [5.41, 5.74) is 0.598. The van der Waals surface area contributed by atoms with E-state index in [4.69, 9.17) is 0 Å². The zero-order valence-corrected chi connectivity index (χ0v) is 14.5. The molecule has 0 spiro atoms. The predicted molar refractivity (Wildman–Crippen MR) is 99.8 cm³/mol. The van der Waals surface area contributed by atoms with E-state index in [0.29, 0.717) is 18.2 Å². The second-order valence-electron chi connectivity index (χ2n) is 5.83. The van der Waals surface area contributed by atoms with E-state index in [1.54, 1.807) is 0 Å². The SMILES string of the molecule is Cc1ccc2cc(C)ccc2c1.O=[N+]([O-])c1cc([N+](=O)[O-])cc([N+](=O)[O-])c1. The lowest BCUT2D eigenvalue weighted by Gasteiger charge is -1.99. The van der Waals surface area contributed by atoms with Gasteiger partial charge in [0, 0.05) is 0 Å². The fourth-order valence-electron chi connectivity index (χ4n) is 2.38. The van der Waals surface area contributed by atoms with E-state index < -0.39 is 31.8 Å². The Bertz CT molecular complexity index is 928. The van der Waals surface area contributed by atoms with Gasteiger partial charge < -0.3 is 0 Å². The minimum atomic E-state index is -0.931. The highest BCUT2D eigenvalue weighted by molar-refractivity contribution is 5.83. The molecule has 0 aliphatic carbocycles. The lowest BCUT2D eigenvalue weighted by atomic mass is 10.1. The highest BCUT2D eigenvalue weighted by Crippen LogP contribution is 2.26. The summed E-state index contributed by atoms with van der Waals surface area (Å²) in [6, 6.07) is 15.1. The van der Waals surface area contributed by atoms with Crippen LogP contribution in [0, 0.1) is 44.2 Å². The number of nitro benzene ring substituents is 3. The highest BCUT2D eigenvalue weighted by atomic mass is 16.6. The van der Waals surface area contributed by atoms with Crippen molar-refractivity contribution in [3.8, 4) is 0 Å². The molecule has 0 N–H and O–H groups in total. The van der Waals surface area contributed by atoms with Gasteiger partial charge in [-0.15, -0.1) is 0 Å². The highest BCUT2D eigenvalue weighted by Gasteiger charge is 2.21. The summed E-state index contributed by atoms with van der Waals surface area (Å²) < 4.78 is 0. The second-order valence-corrected chi connectivity index (χ2v) is 5.83. The quantitative estimate of drug-likeness (QED) is 0.478. The van der Waals surface area contributed by atoms with Crippen molar-refractivity contribution in [2.45, 2.75) is 13.8 Å². The number of rotatable bonds is 3. The number of nitro groups is 3. The Morgan fingerprint density at radius 3 is 1.11 bits per heavy atom. The van der Waals surface area contributed by atoms with E-state index >= 15 is 0 Å². The van der Waals surface area contributed by atoms with Gasteiger partial charge in [0.2, 0.25) is 0 Å². The summed E-state index contributed by atoms with van der Waals surface area (Å²) in [5, 5.41) is 33.6. The molecule has 0 radical (unpaired) electrons. The van der Waals surface area contributed by atoms with E-state index in [0.717, 1.165) is 0 Å². The molecule has 0 bridgehead atoms. The van der Waals surface area contributed by atoms with E-state index in [2.05, 4.69) is 50.2 Å². The maximum absolute atomic E-state index is 10.3. The molecule has 0 fully saturated rings. The second kappa shape index (κ2) is 8.00. The van der Waals surface area contributed by atoms with Gasteiger partial charge in [-0.3, -0.25) is 30.3 Å². The fraction of sp³-hybridized carbons (Fsp3) is 0.111. The van der Waals surface area contributed by atoms with Crippen molar-refractivity contribution >= 4 is 27.8 Å². The third-order valence-corrected chi connectivity index (χ3v) is 3.67. The lowest BCUT2D eigenvalue weighted by molar-refractivity contribution is -0.403. The summed E-state index contributed by atoms with van der Waals surface area (Å²) in [4.78, 5) is 28.1. The largest absolute Gasteiger partial charge is 0.283 e. The fourth-order valence-corrected chi connectivity index (χ4v) is 2.38. The van der Waals surface area contributed by atoms with E-state index in [1.165, 1.54) is 21.9 Å². The standard InChI is InChI=1S/C12H12.C6H3N3O6/c1-9-3-5-12-8-10(2)4-6-11(12)7-9;10-7(11)4-1-5(8(12)13)3-6(2-4)9(14)15/h3-8H,1-2H3;1-3H. The summed E-state index contributed by atoms with van der Waals surface area (Å²) in [6.07, 6.45) is 0. The smallest absolute Gasteiger partial charge is 0.258 e. The van der Waals surface area contributed by atoms with Crippen molar-refractivity contribution in [3.63, 3.8) is 0 Å². The molecule has 0 saturated heterocycles. The number of fused-ring (bicyclic) bond motifs is 1. The Morgan fingerprint density at radius 2 is 0.852 bits per heavy atom. The maximum Gasteiger partial charge on any atom is 0.283 e. The van der Waals surface area contributed by atoms with Gasteiger partial charge in [-0.2, -0.15) is 0 Å². The molecule has 3 aromatic rings. The van der Waals surface area contributed by atoms with Crippen LogP contribution in [0.3, 0.4) is 0 Å². The molecule has 0 aromatic heterocycles. The first kappa shape index (κ1) is 19.4. The van der Waals surface area contributed by atoms with Crippen molar-refractivity contribution in [2.24, 2.45) is 0 Å². The molecule has 0 amide bonds. The molecule has 27 heavy (non-hydrogen) atoms. The van der Waals surface area contributed by atoms with Crippen LogP contribution >= 0.6 is 0 Å². The Kier molecular flexibility index (Phi) is 5.76. The first-order valence-corrected chi connectivity index (χ1v) is 7.72. The number of nitrogens with zero attached hydrogens (tertiary/aromatic N) is 3. The maximum atomic E-state index is 10.3. The van der Waals surface area contributed by atoms with Gasteiger partial charge in [0.15, 0.2) is 0 Å². The molecule has 0 saturated carbocycles. The Morgan fingerprint density at radius 1 is 0.556 bits per heavy atom. The van der Waals surface area contributed by atoms with Crippen LogP contribution in [-0.4, -0.2) is 14.8 Å². The number of hydrogen-bond donors (Lipinski definition) is 0. The molecule has 0 heterocycles. The van der Waals surface area contributed by atoms with E-state index in [9.17, 15) is 30.3 Å². The Balaban J connectivity index is 0.000000198. The molecule has 3 rings (SSSR count). The molecule has 3 aromatic carbocycles. The van der Waals surface area contributed by atoms with Gasteiger partial charge in [0.1, 0.15) is 0 Å². The first-order chi connectivity index (χ1) is 12.7. The molecule has 0 atom stereocenters. The molecule has 9 nitrogen and oxygen atoms in total. The zero-order chi connectivity index (χ0) is 20.1.